The lowest BCUT2D eigenvalue weighted by Gasteiger charge is -2.39. The van der Waals surface area contributed by atoms with Crippen LogP contribution in [0.1, 0.15) is 12.5 Å². The van der Waals surface area contributed by atoms with Gasteiger partial charge in [0, 0.05) is 13.1 Å². The van der Waals surface area contributed by atoms with Gasteiger partial charge in [-0.15, -0.1) is 0 Å². The Hall–Kier alpha value is -1.19. The van der Waals surface area contributed by atoms with Crippen molar-refractivity contribution in [2.24, 2.45) is 0 Å². The molecule has 0 bridgehead atoms. The van der Waals surface area contributed by atoms with Crippen molar-refractivity contribution >= 4 is 6.29 Å². The molecule has 0 amide bonds. The molecule has 1 aromatic carbocycles. The summed E-state index contributed by atoms with van der Waals surface area (Å²) in [6.45, 7) is 5.00. The van der Waals surface area contributed by atoms with E-state index in [1.165, 1.54) is 0 Å². The number of hydrogen-bond donors (Lipinski definition) is 0. The number of carbonyl (C=O) groups excluding carboxylic acids is 1. The Morgan fingerprint density at radius 1 is 1.25 bits per heavy atom. The molecule has 0 spiro atoms. The summed E-state index contributed by atoms with van der Waals surface area (Å²) in [7, 11) is 0. The van der Waals surface area contributed by atoms with E-state index in [2.05, 4.69) is 4.90 Å². The Balaban J connectivity index is 2.27. The lowest BCUT2D eigenvalue weighted by Crippen LogP contribution is -2.50. The second kappa shape index (κ2) is 4.76. The Labute approximate surface area is 96.0 Å². The predicted molar refractivity (Wildman–Crippen MR) is 62.3 cm³/mol. The van der Waals surface area contributed by atoms with Gasteiger partial charge in [-0.3, -0.25) is 4.90 Å². The highest BCUT2D eigenvalue weighted by Crippen LogP contribution is 2.26. The topological polar surface area (TPSA) is 29.5 Å². The van der Waals surface area contributed by atoms with Gasteiger partial charge in [0.25, 0.3) is 0 Å². The van der Waals surface area contributed by atoms with Gasteiger partial charge in [0.15, 0.2) is 0 Å². The molecular formula is C13H17NO2. The minimum absolute atomic E-state index is 0.523. The molecule has 1 unspecified atom stereocenters. The first-order valence-electron chi connectivity index (χ1n) is 5.62. The number of rotatable bonds is 3. The third-order valence-corrected chi connectivity index (χ3v) is 3.26. The van der Waals surface area contributed by atoms with Crippen LogP contribution in [0.2, 0.25) is 0 Å². The zero-order valence-corrected chi connectivity index (χ0v) is 9.56. The highest BCUT2D eigenvalue weighted by atomic mass is 16.5. The van der Waals surface area contributed by atoms with E-state index in [-0.39, 0.29) is 0 Å². The summed E-state index contributed by atoms with van der Waals surface area (Å²) in [6.07, 6.45) is 1.04. The first-order valence-corrected chi connectivity index (χ1v) is 5.62. The molecule has 0 N–H and O–H groups in total. The summed E-state index contributed by atoms with van der Waals surface area (Å²) >= 11 is 0. The van der Waals surface area contributed by atoms with Crippen molar-refractivity contribution in [2.75, 3.05) is 26.3 Å². The Morgan fingerprint density at radius 3 is 2.44 bits per heavy atom. The maximum absolute atomic E-state index is 11.4. The fourth-order valence-corrected chi connectivity index (χ4v) is 2.13. The lowest BCUT2D eigenvalue weighted by atomic mass is 9.91. The SMILES string of the molecule is CC(C=O)(c1ccccc1)N1CCOCC1. The fraction of sp³-hybridized carbons (Fsp3) is 0.462. The lowest BCUT2D eigenvalue weighted by molar-refractivity contribution is -0.121. The Kier molecular flexibility index (Phi) is 3.36. The third kappa shape index (κ3) is 2.01. The molecule has 1 aliphatic rings. The summed E-state index contributed by atoms with van der Waals surface area (Å²) in [5, 5.41) is 0. The minimum Gasteiger partial charge on any atom is -0.379 e. The monoisotopic (exact) mass is 219 g/mol. The maximum atomic E-state index is 11.4. The largest absolute Gasteiger partial charge is 0.379 e. The van der Waals surface area contributed by atoms with Crippen molar-refractivity contribution < 1.29 is 9.53 Å². The van der Waals surface area contributed by atoms with E-state index >= 15 is 0 Å². The zero-order chi connectivity index (χ0) is 11.4. The fourth-order valence-electron chi connectivity index (χ4n) is 2.13. The standard InChI is InChI=1S/C13H17NO2/c1-13(11-15,12-5-3-2-4-6-12)14-7-9-16-10-8-14/h2-6,11H,7-10H2,1H3. The van der Waals surface area contributed by atoms with Crippen molar-refractivity contribution in [3.8, 4) is 0 Å². The molecule has 0 aliphatic carbocycles. The first kappa shape index (κ1) is 11.3. The van der Waals surface area contributed by atoms with Crippen molar-refractivity contribution in [1.82, 2.24) is 4.90 Å². The summed E-state index contributed by atoms with van der Waals surface area (Å²) in [6, 6.07) is 9.91. The number of benzene rings is 1. The van der Waals surface area contributed by atoms with E-state index in [0.717, 1.165) is 24.9 Å². The van der Waals surface area contributed by atoms with Crippen molar-refractivity contribution in [3.63, 3.8) is 0 Å². The highest BCUT2D eigenvalue weighted by Gasteiger charge is 2.34. The number of nitrogens with zero attached hydrogens (tertiary/aromatic N) is 1. The molecule has 1 fully saturated rings. The molecule has 1 saturated heterocycles. The summed E-state index contributed by atoms with van der Waals surface area (Å²) in [5.74, 6) is 0. The average molecular weight is 219 g/mol. The molecule has 16 heavy (non-hydrogen) atoms. The number of aldehydes is 1. The molecule has 1 heterocycles. The molecule has 0 saturated carbocycles. The molecule has 3 heteroatoms. The van der Waals surface area contributed by atoms with Crippen LogP contribution in [-0.2, 0) is 15.1 Å². The van der Waals surface area contributed by atoms with Crippen molar-refractivity contribution in [1.29, 1.82) is 0 Å². The van der Waals surface area contributed by atoms with E-state index in [1.54, 1.807) is 0 Å². The van der Waals surface area contributed by atoms with Gasteiger partial charge < -0.3 is 9.53 Å². The van der Waals surface area contributed by atoms with Crippen LogP contribution in [0.4, 0.5) is 0 Å². The average Bonchev–Trinajstić information content (AvgIpc) is 2.40. The molecule has 1 aliphatic heterocycles. The van der Waals surface area contributed by atoms with Gasteiger partial charge >= 0.3 is 0 Å². The predicted octanol–water partition coefficient (Wildman–Crippen LogP) is 1.43. The molecule has 0 radical (unpaired) electrons. The van der Waals surface area contributed by atoms with E-state index in [9.17, 15) is 4.79 Å². The van der Waals surface area contributed by atoms with Crippen molar-refractivity contribution in [2.45, 2.75) is 12.5 Å². The van der Waals surface area contributed by atoms with Gasteiger partial charge in [0.05, 0.1) is 18.8 Å². The van der Waals surface area contributed by atoms with Crippen LogP contribution >= 0.6 is 0 Å². The Bertz CT molecular complexity index is 346. The molecule has 86 valence electrons. The summed E-state index contributed by atoms with van der Waals surface area (Å²) < 4.78 is 5.32. The third-order valence-electron chi connectivity index (χ3n) is 3.26. The molecular weight excluding hydrogens is 202 g/mol. The smallest absolute Gasteiger partial charge is 0.144 e. The molecule has 3 nitrogen and oxygen atoms in total. The summed E-state index contributed by atoms with van der Waals surface area (Å²) in [4.78, 5) is 13.6. The second-order valence-electron chi connectivity index (χ2n) is 4.23. The van der Waals surface area contributed by atoms with Gasteiger partial charge in [-0.05, 0) is 12.5 Å². The molecule has 1 atom stereocenters. The number of morpholine rings is 1. The van der Waals surface area contributed by atoms with E-state index in [4.69, 9.17) is 4.74 Å². The Morgan fingerprint density at radius 2 is 1.88 bits per heavy atom. The zero-order valence-electron chi connectivity index (χ0n) is 9.56. The first-order chi connectivity index (χ1) is 7.77. The minimum atomic E-state index is -0.523. The molecule has 2 rings (SSSR count). The summed E-state index contributed by atoms with van der Waals surface area (Å²) in [5.41, 5.74) is 0.525. The van der Waals surface area contributed by atoms with Crippen LogP contribution in [0.25, 0.3) is 0 Å². The second-order valence-corrected chi connectivity index (χ2v) is 4.23. The van der Waals surface area contributed by atoms with Gasteiger partial charge in [0.1, 0.15) is 6.29 Å². The number of hydrogen-bond acceptors (Lipinski definition) is 3. The van der Waals surface area contributed by atoms with Crippen LogP contribution in [0.15, 0.2) is 30.3 Å². The van der Waals surface area contributed by atoms with Crippen LogP contribution in [0.3, 0.4) is 0 Å². The van der Waals surface area contributed by atoms with Gasteiger partial charge in [0.2, 0.25) is 0 Å². The van der Waals surface area contributed by atoms with E-state index in [0.29, 0.717) is 13.2 Å². The van der Waals surface area contributed by atoms with Gasteiger partial charge in [-0.2, -0.15) is 0 Å². The van der Waals surface area contributed by atoms with Crippen LogP contribution in [0, 0.1) is 0 Å². The van der Waals surface area contributed by atoms with Gasteiger partial charge in [-0.1, -0.05) is 30.3 Å². The normalized spacial score (nSPS) is 21.3. The van der Waals surface area contributed by atoms with Crippen LogP contribution < -0.4 is 0 Å². The quantitative estimate of drug-likeness (QED) is 0.720. The van der Waals surface area contributed by atoms with Gasteiger partial charge in [-0.25, -0.2) is 0 Å². The molecule has 0 aromatic heterocycles. The van der Waals surface area contributed by atoms with E-state index < -0.39 is 5.54 Å². The highest BCUT2D eigenvalue weighted by molar-refractivity contribution is 5.67. The molecule has 1 aromatic rings. The van der Waals surface area contributed by atoms with Crippen molar-refractivity contribution in [3.05, 3.63) is 35.9 Å². The number of ether oxygens (including phenoxy) is 1. The number of carbonyl (C=O) groups is 1. The van der Waals surface area contributed by atoms with Crippen LogP contribution in [0.5, 0.6) is 0 Å². The van der Waals surface area contributed by atoms with Crippen LogP contribution in [-0.4, -0.2) is 37.5 Å². The maximum Gasteiger partial charge on any atom is 0.144 e. The van der Waals surface area contributed by atoms with E-state index in [1.807, 2.05) is 37.3 Å².